The van der Waals surface area contributed by atoms with Crippen LogP contribution in [0.2, 0.25) is 0 Å². The summed E-state index contributed by atoms with van der Waals surface area (Å²) in [6.07, 6.45) is 0. The number of anilines is 2. The molecule has 0 bridgehead atoms. The van der Waals surface area contributed by atoms with E-state index in [0.717, 1.165) is 11.3 Å². The molecule has 0 unspecified atom stereocenters. The van der Waals surface area contributed by atoms with Crippen LogP contribution in [0.25, 0.3) is 0 Å². The molecule has 142 valence electrons. The van der Waals surface area contributed by atoms with Crippen LogP contribution in [0.4, 0.5) is 17.1 Å². The highest BCUT2D eigenvalue weighted by Crippen LogP contribution is 2.28. The maximum atomic E-state index is 12.3. The van der Waals surface area contributed by atoms with Crippen LogP contribution in [0.15, 0.2) is 42.5 Å². The number of amides is 1. The molecule has 2 aromatic carbocycles. The topological polar surface area (TPSA) is 78.7 Å². The Hall–Kier alpha value is -2.93. The molecule has 7 heteroatoms. The maximum absolute atomic E-state index is 12.3. The number of aryl methyl sites for hydroxylation is 2. The lowest BCUT2D eigenvalue weighted by atomic mass is 10.1. The second kappa shape index (κ2) is 8.18. The van der Waals surface area contributed by atoms with Crippen LogP contribution in [0, 0.1) is 24.0 Å². The van der Waals surface area contributed by atoms with Gasteiger partial charge in [0.1, 0.15) is 5.69 Å². The van der Waals surface area contributed by atoms with Gasteiger partial charge in [-0.1, -0.05) is 18.2 Å². The van der Waals surface area contributed by atoms with E-state index >= 15 is 0 Å². The van der Waals surface area contributed by atoms with Crippen LogP contribution in [-0.4, -0.2) is 48.5 Å². The molecule has 1 fully saturated rings. The molecular formula is C20H24N4O3. The molecule has 1 N–H and O–H groups in total. The lowest BCUT2D eigenvalue weighted by Crippen LogP contribution is -2.48. The number of para-hydroxylation sites is 2. The average molecular weight is 368 g/mol. The SMILES string of the molecule is Cc1ccc(NC(=O)CN2CCN(c3ccccc3[N+](=O)[O-])CC2)cc1C. The number of nitrogens with zero attached hydrogens (tertiary/aromatic N) is 3. The monoisotopic (exact) mass is 368 g/mol. The summed E-state index contributed by atoms with van der Waals surface area (Å²) >= 11 is 0. The van der Waals surface area contributed by atoms with Gasteiger partial charge in [0, 0.05) is 37.9 Å². The zero-order valence-corrected chi connectivity index (χ0v) is 15.6. The summed E-state index contributed by atoms with van der Waals surface area (Å²) in [5.74, 6) is -0.0441. The largest absolute Gasteiger partial charge is 0.363 e. The van der Waals surface area contributed by atoms with Crippen molar-refractivity contribution in [1.29, 1.82) is 0 Å². The summed E-state index contributed by atoms with van der Waals surface area (Å²) in [5.41, 5.74) is 3.91. The summed E-state index contributed by atoms with van der Waals surface area (Å²) in [4.78, 5) is 27.3. The fraction of sp³-hybridized carbons (Fsp3) is 0.350. The molecule has 1 amide bonds. The van der Waals surface area contributed by atoms with E-state index in [1.165, 1.54) is 11.6 Å². The van der Waals surface area contributed by atoms with Crippen LogP contribution in [-0.2, 0) is 4.79 Å². The van der Waals surface area contributed by atoms with Crippen LogP contribution < -0.4 is 10.2 Å². The zero-order chi connectivity index (χ0) is 19.4. The number of nitrogens with one attached hydrogen (secondary N) is 1. The average Bonchev–Trinajstić information content (AvgIpc) is 2.65. The highest BCUT2D eigenvalue weighted by molar-refractivity contribution is 5.92. The predicted molar refractivity (Wildman–Crippen MR) is 106 cm³/mol. The van der Waals surface area contributed by atoms with Crippen molar-refractivity contribution in [3.8, 4) is 0 Å². The summed E-state index contributed by atoms with van der Waals surface area (Å²) < 4.78 is 0. The first-order chi connectivity index (χ1) is 12.9. The molecule has 2 aromatic rings. The Labute approximate surface area is 158 Å². The molecule has 0 spiro atoms. The summed E-state index contributed by atoms with van der Waals surface area (Å²) in [7, 11) is 0. The Morgan fingerprint density at radius 3 is 2.44 bits per heavy atom. The normalized spacial score (nSPS) is 14.8. The number of piperazine rings is 1. The van der Waals surface area contributed by atoms with Crippen molar-refractivity contribution in [3.63, 3.8) is 0 Å². The first-order valence-electron chi connectivity index (χ1n) is 9.02. The lowest BCUT2D eigenvalue weighted by molar-refractivity contribution is -0.384. The van der Waals surface area contributed by atoms with Gasteiger partial charge in [0.15, 0.2) is 0 Å². The standard InChI is InChI=1S/C20H24N4O3/c1-15-7-8-17(13-16(15)2)21-20(25)14-22-9-11-23(12-10-22)18-5-3-4-6-19(18)24(26)27/h3-8,13H,9-12,14H2,1-2H3,(H,21,25). The number of nitro groups is 1. The van der Waals surface area contributed by atoms with Gasteiger partial charge in [-0.05, 0) is 43.2 Å². The van der Waals surface area contributed by atoms with Crippen LogP contribution in [0.1, 0.15) is 11.1 Å². The van der Waals surface area contributed by atoms with Crippen molar-refractivity contribution in [3.05, 3.63) is 63.7 Å². The third-order valence-corrected chi connectivity index (χ3v) is 4.95. The van der Waals surface area contributed by atoms with E-state index in [9.17, 15) is 14.9 Å². The quantitative estimate of drug-likeness (QED) is 0.648. The summed E-state index contributed by atoms with van der Waals surface area (Å²) in [6.45, 7) is 7.06. The summed E-state index contributed by atoms with van der Waals surface area (Å²) in [6, 6.07) is 12.7. The third-order valence-electron chi connectivity index (χ3n) is 4.95. The van der Waals surface area contributed by atoms with E-state index in [1.54, 1.807) is 12.1 Å². The van der Waals surface area contributed by atoms with Crippen molar-refractivity contribution in [2.45, 2.75) is 13.8 Å². The number of carbonyl (C=O) groups excluding carboxylic acids is 1. The number of rotatable bonds is 5. The molecule has 1 aliphatic heterocycles. The highest BCUT2D eigenvalue weighted by Gasteiger charge is 2.24. The molecule has 3 rings (SSSR count). The van der Waals surface area contributed by atoms with E-state index in [2.05, 4.69) is 10.2 Å². The minimum Gasteiger partial charge on any atom is -0.363 e. The van der Waals surface area contributed by atoms with Crippen molar-refractivity contribution in [2.24, 2.45) is 0 Å². The van der Waals surface area contributed by atoms with Crippen molar-refractivity contribution < 1.29 is 9.72 Å². The molecule has 27 heavy (non-hydrogen) atoms. The smallest absolute Gasteiger partial charge is 0.292 e. The van der Waals surface area contributed by atoms with Gasteiger partial charge in [-0.15, -0.1) is 0 Å². The fourth-order valence-electron chi connectivity index (χ4n) is 3.26. The van der Waals surface area contributed by atoms with Crippen molar-refractivity contribution in [1.82, 2.24) is 4.90 Å². The van der Waals surface area contributed by atoms with Crippen LogP contribution in [0.5, 0.6) is 0 Å². The molecule has 0 saturated carbocycles. The Kier molecular flexibility index (Phi) is 5.71. The van der Waals surface area contributed by atoms with E-state index in [0.29, 0.717) is 38.4 Å². The van der Waals surface area contributed by atoms with Gasteiger partial charge < -0.3 is 10.2 Å². The molecule has 1 heterocycles. The molecule has 1 saturated heterocycles. The first kappa shape index (κ1) is 18.8. The Bertz CT molecular complexity index is 845. The van der Waals surface area contributed by atoms with Gasteiger partial charge in [-0.2, -0.15) is 0 Å². The van der Waals surface area contributed by atoms with Gasteiger partial charge in [-0.25, -0.2) is 0 Å². The van der Waals surface area contributed by atoms with Gasteiger partial charge in [0.2, 0.25) is 5.91 Å². The molecule has 1 aliphatic rings. The van der Waals surface area contributed by atoms with Gasteiger partial charge in [-0.3, -0.25) is 19.8 Å². The second-order valence-electron chi connectivity index (χ2n) is 6.86. The number of hydrogen-bond donors (Lipinski definition) is 1. The van der Waals surface area contributed by atoms with Gasteiger partial charge in [0.05, 0.1) is 11.5 Å². The molecular weight excluding hydrogens is 344 g/mol. The minimum absolute atomic E-state index is 0.0441. The van der Waals surface area contributed by atoms with Gasteiger partial charge in [0.25, 0.3) is 5.69 Å². The van der Waals surface area contributed by atoms with E-state index in [1.807, 2.05) is 43.0 Å². The Balaban J connectivity index is 1.54. The number of hydrogen-bond acceptors (Lipinski definition) is 5. The highest BCUT2D eigenvalue weighted by atomic mass is 16.6. The Morgan fingerprint density at radius 1 is 1.07 bits per heavy atom. The van der Waals surface area contributed by atoms with Crippen molar-refractivity contribution in [2.75, 3.05) is 42.9 Å². The van der Waals surface area contributed by atoms with Crippen molar-refractivity contribution >= 4 is 23.0 Å². The van der Waals surface area contributed by atoms with E-state index in [-0.39, 0.29) is 16.5 Å². The molecule has 0 atom stereocenters. The number of carbonyl (C=O) groups is 1. The minimum atomic E-state index is -0.348. The van der Waals surface area contributed by atoms with Gasteiger partial charge >= 0.3 is 0 Å². The third kappa shape index (κ3) is 4.62. The predicted octanol–water partition coefficient (Wildman–Crippen LogP) is 2.97. The van der Waals surface area contributed by atoms with E-state index in [4.69, 9.17) is 0 Å². The first-order valence-corrected chi connectivity index (χ1v) is 9.02. The molecule has 0 aromatic heterocycles. The van der Waals surface area contributed by atoms with Crippen LogP contribution in [0.3, 0.4) is 0 Å². The zero-order valence-electron chi connectivity index (χ0n) is 15.6. The summed E-state index contributed by atoms with van der Waals surface area (Å²) in [5, 5.41) is 14.1. The second-order valence-corrected chi connectivity index (χ2v) is 6.86. The number of nitro benzene ring substituents is 1. The number of benzene rings is 2. The molecule has 0 aliphatic carbocycles. The van der Waals surface area contributed by atoms with E-state index < -0.39 is 0 Å². The maximum Gasteiger partial charge on any atom is 0.292 e. The fourth-order valence-corrected chi connectivity index (χ4v) is 3.26. The molecule has 0 radical (unpaired) electrons. The lowest BCUT2D eigenvalue weighted by Gasteiger charge is -2.35. The Morgan fingerprint density at radius 2 is 1.78 bits per heavy atom. The molecule has 7 nitrogen and oxygen atoms in total. The van der Waals surface area contributed by atoms with Crippen LogP contribution >= 0.6 is 0 Å².